The molecule has 0 aromatic heterocycles. The summed E-state index contributed by atoms with van der Waals surface area (Å²) in [6, 6.07) is 38.0. The van der Waals surface area contributed by atoms with Crippen LogP contribution in [0.1, 0.15) is 37.4 Å². The van der Waals surface area contributed by atoms with Crippen molar-refractivity contribution in [1.29, 1.82) is 0 Å². The number of methoxy groups -OCH3 is 1. The maximum absolute atomic E-state index is 13.2. The van der Waals surface area contributed by atoms with Gasteiger partial charge in [-0.1, -0.05) is 24.3 Å². The number of carboxylic acids is 2. The molecule has 0 heterocycles. The van der Waals surface area contributed by atoms with Crippen LogP contribution in [0.4, 0.5) is 17.1 Å². The van der Waals surface area contributed by atoms with E-state index in [4.69, 9.17) is 33.9 Å². The van der Waals surface area contributed by atoms with E-state index in [-0.39, 0.29) is 47.3 Å². The van der Waals surface area contributed by atoms with Crippen LogP contribution in [0, 0.1) is 20.8 Å². The molecule has 0 radical (unpaired) electrons. The van der Waals surface area contributed by atoms with Crippen molar-refractivity contribution in [2.24, 2.45) is 0 Å². The SMILES string of the molecule is CN(C)c1cccc2c(S(=O)(=O)Nc3ccc(OCCOc4ccc(C(=O)O)cc4)cc3)cccc12.COc1cc(C)c(S(=O)(=O)Nc2ccc(OCCOc3ccc(C(=O)O)cc3)cc2)c(C)c1C. The second-order valence-electron chi connectivity index (χ2n) is 15.8. The molecule has 70 heavy (non-hydrogen) atoms. The highest BCUT2D eigenvalue weighted by atomic mass is 32.2. The monoisotopic (exact) mass is 991 g/mol. The van der Waals surface area contributed by atoms with Crippen LogP contribution in [0.15, 0.2) is 149 Å². The largest absolute Gasteiger partial charge is 0.496 e. The van der Waals surface area contributed by atoms with Gasteiger partial charge in [0.2, 0.25) is 0 Å². The molecule has 0 atom stereocenters. The molecule has 0 aliphatic heterocycles. The standard InChI is InChI=1S/C27H26N2O6S.C25H27NO7S/c1-29(2)25-7-3-6-24-23(25)5-4-8-26(24)36(32,33)28-20-11-15-22(16-12-20)35-18-17-34-21-13-9-19(10-14-21)27(30)31;1-16-15-23(31-4)17(2)18(3)24(16)34(29,30)26-20-7-11-22(12-8-20)33-14-13-32-21-9-5-19(6-10-21)25(27)28/h3-16,28H,17-18H2,1-2H3,(H,30,31);5-12,15,26H,13-14H2,1-4H3,(H,27,28). The number of anilines is 3. The molecule has 16 nitrogen and oxygen atoms in total. The summed E-state index contributed by atoms with van der Waals surface area (Å²) in [6.45, 7) is 6.37. The molecule has 366 valence electrons. The first-order valence-electron chi connectivity index (χ1n) is 21.6. The minimum Gasteiger partial charge on any atom is -0.496 e. The van der Waals surface area contributed by atoms with Crippen LogP contribution in [-0.2, 0) is 20.0 Å². The third-order valence-corrected chi connectivity index (χ3v) is 13.9. The van der Waals surface area contributed by atoms with E-state index in [0.29, 0.717) is 56.6 Å². The van der Waals surface area contributed by atoms with Crippen molar-refractivity contribution < 1.29 is 60.3 Å². The summed E-state index contributed by atoms with van der Waals surface area (Å²) in [4.78, 5) is 24.1. The van der Waals surface area contributed by atoms with Gasteiger partial charge in [0.25, 0.3) is 20.0 Å². The summed E-state index contributed by atoms with van der Waals surface area (Å²) >= 11 is 0. The van der Waals surface area contributed by atoms with Gasteiger partial charge < -0.3 is 38.8 Å². The van der Waals surface area contributed by atoms with Crippen LogP contribution < -0.4 is 38.0 Å². The number of hydrogen-bond acceptors (Lipinski definition) is 12. The van der Waals surface area contributed by atoms with Crippen LogP contribution >= 0.6 is 0 Å². The van der Waals surface area contributed by atoms with Crippen LogP contribution in [0.3, 0.4) is 0 Å². The molecule has 7 aromatic rings. The van der Waals surface area contributed by atoms with Gasteiger partial charge in [-0.25, -0.2) is 26.4 Å². The van der Waals surface area contributed by atoms with Gasteiger partial charge in [0.05, 0.1) is 28.0 Å². The summed E-state index contributed by atoms with van der Waals surface area (Å²) in [7, 11) is -2.22. The van der Waals surface area contributed by atoms with Gasteiger partial charge in [0.15, 0.2) is 0 Å². The van der Waals surface area contributed by atoms with Gasteiger partial charge >= 0.3 is 11.9 Å². The number of carbonyl (C=O) groups is 2. The van der Waals surface area contributed by atoms with Crippen LogP contribution in [0.2, 0.25) is 0 Å². The van der Waals surface area contributed by atoms with Crippen molar-refractivity contribution in [2.75, 3.05) is 62.0 Å². The molecule has 0 unspecified atom stereocenters. The number of aryl methyl sites for hydroxylation is 1. The lowest BCUT2D eigenvalue weighted by Gasteiger charge is -2.17. The average molecular weight is 992 g/mol. The van der Waals surface area contributed by atoms with E-state index in [1.165, 1.54) is 24.3 Å². The highest BCUT2D eigenvalue weighted by Gasteiger charge is 2.23. The number of hydrogen-bond donors (Lipinski definition) is 4. The minimum atomic E-state index is -3.82. The van der Waals surface area contributed by atoms with Crippen LogP contribution in [0.25, 0.3) is 10.8 Å². The van der Waals surface area contributed by atoms with Crippen molar-refractivity contribution in [2.45, 2.75) is 30.6 Å². The summed E-state index contributed by atoms with van der Waals surface area (Å²) in [6.07, 6.45) is 0. The first kappa shape index (κ1) is 51.4. The highest BCUT2D eigenvalue weighted by molar-refractivity contribution is 7.93. The van der Waals surface area contributed by atoms with Gasteiger partial charge in [0, 0.05) is 41.9 Å². The molecule has 7 aromatic carbocycles. The summed E-state index contributed by atoms with van der Waals surface area (Å²) < 4.78 is 85.4. The molecular weight excluding hydrogens is 939 g/mol. The lowest BCUT2D eigenvalue weighted by Crippen LogP contribution is -2.16. The first-order valence-corrected chi connectivity index (χ1v) is 24.6. The Kier molecular flexibility index (Phi) is 16.8. The summed E-state index contributed by atoms with van der Waals surface area (Å²) in [5.74, 6) is 0.856. The molecule has 0 spiro atoms. The topological polar surface area (TPSA) is 216 Å². The third kappa shape index (κ3) is 13.2. The first-order chi connectivity index (χ1) is 33.4. The Morgan fingerprint density at radius 3 is 1.34 bits per heavy atom. The average Bonchev–Trinajstić information content (AvgIpc) is 3.33. The van der Waals surface area contributed by atoms with Crippen molar-refractivity contribution in [3.63, 3.8) is 0 Å². The van der Waals surface area contributed by atoms with E-state index < -0.39 is 32.0 Å². The molecule has 7 rings (SSSR count). The number of nitrogens with one attached hydrogen (secondary N) is 2. The minimum absolute atomic E-state index is 0.187. The molecule has 0 aliphatic carbocycles. The van der Waals surface area contributed by atoms with Crippen LogP contribution in [-0.4, -0.2) is 86.6 Å². The summed E-state index contributed by atoms with van der Waals surface area (Å²) in [5.41, 5.74) is 4.16. The van der Waals surface area contributed by atoms with E-state index >= 15 is 0 Å². The van der Waals surface area contributed by atoms with Gasteiger partial charge in [-0.2, -0.15) is 0 Å². The fraction of sp³-hybridized carbons (Fsp3) is 0.192. The fourth-order valence-corrected chi connectivity index (χ4v) is 10.1. The van der Waals surface area contributed by atoms with Crippen molar-refractivity contribution in [3.8, 4) is 28.7 Å². The molecule has 0 aliphatic rings. The number of carboxylic acid groups (broad SMARTS) is 2. The molecule has 0 saturated carbocycles. The second kappa shape index (κ2) is 22.9. The van der Waals surface area contributed by atoms with E-state index in [0.717, 1.165) is 16.6 Å². The Hall–Kier alpha value is -7.96. The fourth-order valence-electron chi connectivity index (χ4n) is 7.22. The lowest BCUT2D eigenvalue weighted by molar-refractivity contribution is 0.0686. The predicted molar refractivity (Wildman–Crippen MR) is 269 cm³/mol. The number of aromatic carboxylic acids is 2. The molecule has 18 heteroatoms. The molecule has 0 amide bonds. The highest BCUT2D eigenvalue weighted by Crippen LogP contribution is 2.33. The Morgan fingerprint density at radius 1 is 0.529 bits per heavy atom. The molecule has 0 bridgehead atoms. The molecule has 4 N–H and O–H groups in total. The molecule has 0 saturated heterocycles. The number of sulfonamides is 2. The number of nitrogens with zero attached hydrogens (tertiary/aromatic N) is 1. The number of ether oxygens (including phenoxy) is 5. The Bertz CT molecular complexity index is 3160. The lowest BCUT2D eigenvalue weighted by atomic mass is 10.1. The van der Waals surface area contributed by atoms with E-state index in [2.05, 4.69) is 9.44 Å². The van der Waals surface area contributed by atoms with Gasteiger partial charge in [-0.05, 0) is 153 Å². The zero-order valence-corrected chi connectivity index (χ0v) is 40.9. The zero-order chi connectivity index (χ0) is 50.6. The number of benzene rings is 7. The van der Waals surface area contributed by atoms with Gasteiger partial charge in [0.1, 0.15) is 55.2 Å². The molecule has 0 fully saturated rings. The van der Waals surface area contributed by atoms with E-state index in [1.54, 1.807) is 118 Å². The maximum atomic E-state index is 13.2. The second-order valence-corrected chi connectivity index (χ2v) is 19.1. The van der Waals surface area contributed by atoms with Crippen molar-refractivity contribution in [3.05, 3.63) is 167 Å². The number of rotatable bonds is 20. The normalized spacial score (nSPS) is 11.1. The van der Waals surface area contributed by atoms with E-state index in [9.17, 15) is 26.4 Å². The van der Waals surface area contributed by atoms with Crippen molar-refractivity contribution >= 4 is 59.8 Å². The zero-order valence-electron chi connectivity index (χ0n) is 39.3. The molecular formula is C52H53N3O13S2. The quantitative estimate of drug-likeness (QED) is 0.0524. The summed E-state index contributed by atoms with van der Waals surface area (Å²) in [5, 5.41) is 19.3. The van der Waals surface area contributed by atoms with Gasteiger partial charge in [-0.15, -0.1) is 0 Å². The Morgan fingerprint density at radius 2 is 0.929 bits per heavy atom. The number of fused-ring (bicyclic) bond motifs is 1. The van der Waals surface area contributed by atoms with Crippen molar-refractivity contribution in [1.82, 2.24) is 0 Å². The smallest absolute Gasteiger partial charge is 0.335 e. The van der Waals surface area contributed by atoms with Gasteiger partial charge in [-0.3, -0.25) is 9.44 Å². The predicted octanol–water partition coefficient (Wildman–Crippen LogP) is 9.44. The Balaban J connectivity index is 0.000000230. The third-order valence-electron chi connectivity index (χ3n) is 10.8. The van der Waals surface area contributed by atoms with Crippen LogP contribution in [0.5, 0.6) is 28.7 Å². The maximum Gasteiger partial charge on any atom is 0.335 e. The Labute approximate surface area is 407 Å². The van der Waals surface area contributed by atoms with E-state index in [1.807, 2.05) is 44.1 Å².